The van der Waals surface area contributed by atoms with Crippen LogP contribution in [0.3, 0.4) is 0 Å². The van der Waals surface area contributed by atoms with Gasteiger partial charge in [0, 0.05) is 27.9 Å². The average Bonchev–Trinajstić information content (AvgIpc) is 3.30. The number of primary amides is 1. The van der Waals surface area contributed by atoms with Crippen LogP contribution in [0, 0.1) is 5.92 Å². The van der Waals surface area contributed by atoms with E-state index >= 15 is 0 Å². The third-order valence-electron chi connectivity index (χ3n) is 5.19. The molecule has 18 heteroatoms. The van der Waals surface area contributed by atoms with Crippen LogP contribution in [0.25, 0.3) is 0 Å². The fraction of sp³-hybridized carbons (Fsp3) is 0.438. The van der Waals surface area contributed by atoms with E-state index in [1.54, 1.807) is 0 Å². The number of rotatable bonds is 7. The quantitative estimate of drug-likeness (QED) is 0.0999. The van der Waals surface area contributed by atoms with Crippen molar-refractivity contribution in [2.24, 2.45) is 16.8 Å². The largest absolute Gasteiger partial charge is 1.00 e. The van der Waals surface area contributed by atoms with Crippen LogP contribution in [0.1, 0.15) is 12.1 Å². The molecule has 0 spiro atoms. The van der Waals surface area contributed by atoms with Crippen LogP contribution in [0.4, 0.5) is 5.13 Å². The number of esters is 1. The average molecular weight is 522 g/mol. The first-order chi connectivity index (χ1) is 15.6. The molecule has 5 atom stereocenters. The fourth-order valence-corrected chi connectivity index (χ4v) is 6.32. The molecule has 34 heavy (non-hydrogen) atoms. The van der Waals surface area contributed by atoms with Crippen molar-refractivity contribution in [1.29, 1.82) is 0 Å². The zero-order valence-electron chi connectivity index (χ0n) is 17.4. The number of aromatic nitrogens is 1. The van der Waals surface area contributed by atoms with Gasteiger partial charge in [-0.1, -0.05) is 5.16 Å². The second-order valence-electron chi connectivity index (χ2n) is 7.21. The molecule has 4 rings (SSSR count). The number of oxime groups is 1. The third kappa shape index (κ3) is 4.17. The molecule has 3 aliphatic heterocycles. The Kier molecular flexibility index (Phi) is 7.32. The molecule has 0 aromatic carbocycles. The van der Waals surface area contributed by atoms with Crippen LogP contribution in [0.5, 0.6) is 0 Å². The zero-order chi connectivity index (χ0) is 24.1. The number of amides is 3. The molecule has 0 saturated carbocycles. The Morgan fingerprint density at radius 1 is 1.44 bits per heavy atom. The van der Waals surface area contributed by atoms with E-state index in [9.17, 15) is 33.3 Å². The van der Waals surface area contributed by atoms with Gasteiger partial charge in [0.2, 0.25) is 5.72 Å². The van der Waals surface area contributed by atoms with Gasteiger partial charge in [-0.3, -0.25) is 28.3 Å². The first-order valence-corrected chi connectivity index (χ1v) is 11.5. The van der Waals surface area contributed by atoms with E-state index in [1.165, 1.54) is 5.38 Å². The number of thiazole rings is 1. The number of nitrogens with one attached hydrogen (secondary N) is 1. The number of β-lactam (4-membered cyclic amide) rings is 1. The van der Waals surface area contributed by atoms with Crippen molar-refractivity contribution in [3.05, 3.63) is 11.1 Å². The SMILES string of the molecule is NC(=O)CO/N=C(\C(=O)N[C@@H]1C(=O)N2[C@@H]1[S@@](=O)C[C@@H]1CC(=O)O[C@@]12C(=O)[O-])c1csc(N)n1.[Na+]. The van der Waals surface area contributed by atoms with Crippen LogP contribution < -0.4 is 51.4 Å². The van der Waals surface area contributed by atoms with Gasteiger partial charge in [0.05, 0.1) is 6.42 Å². The van der Waals surface area contributed by atoms with Gasteiger partial charge in [-0.05, 0) is 0 Å². The van der Waals surface area contributed by atoms with E-state index < -0.39 is 75.8 Å². The smallest absolute Gasteiger partial charge is 0.544 e. The molecule has 176 valence electrons. The summed E-state index contributed by atoms with van der Waals surface area (Å²) < 4.78 is 17.7. The molecule has 4 heterocycles. The van der Waals surface area contributed by atoms with Gasteiger partial charge >= 0.3 is 35.5 Å². The summed E-state index contributed by atoms with van der Waals surface area (Å²) in [7, 11) is -1.83. The number of aliphatic carboxylic acids is 1. The topological polar surface area (TPSA) is 236 Å². The number of fused-ring (bicyclic) bond motifs is 3. The number of nitrogens with zero attached hydrogens (tertiary/aromatic N) is 3. The van der Waals surface area contributed by atoms with E-state index in [4.69, 9.17) is 21.0 Å². The van der Waals surface area contributed by atoms with Crippen LogP contribution in [-0.2, 0) is 44.3 Å². The summed E-state index contributed by atoms with van der Waals surface area (Å²) in [5.41, 5.74) is 7.64. The van der Waals surface area contributed by atoms with E-state index in [-0.39, 0.29) is 52.6 Å². The maximum atomic E-state index is 12.9. The number of carboxylic acid groups (broad SMARTS) is 1. The van der Waals surface area contributed by atoms with Crippen molar-refractivity contribution in [3.63, 3.8) is 0 Å². The van der Waals surface area contributed by atoms with Crippen molar-refractivity contribution >= 4 is 62.6 Å². The number of hydrogen-bond donors (Lipinski definition) is 3. The first-order valence-electron chi connectivity index (χ1n) is 9.20. The molecule has 0 radical (unpaired) electrons. The molecule has 0 aliphatic carbocycles. The molecular weight excluding hydrogens is 507 g/mol. The van der Waals surface area contributed by atoms with Crippen molar-refractivity contribution in [2.75, 3.05) is 18.1 Å². The van der Waals surface area contributed by atoms with Crippen molar-refractivity contribution < 1.29 is 72.4 Å². The molecule has 3 aliphatic rings. The van der Waals surface area contributed by atoms with Gasteiger partial charge in [-0.15, -0.1) is 11.3 Å². The predicted molar refractivity (Wildman–Crippen MR) is 106 cm³/mol. The normalized spacial score (nSPS) is 29.6. The van der Waals surface area contributed by atoms with Gasteiger partial charge in [0.15, 0.2) is 17.5 Å². The molecule has 3 saturated heterocycles. The maximum Gasteiger partial charge on any atom is 1.00 e. The number of ether oxygens (including phenoxy) is 1. The second-order valence-corrected chi connectivity index (χ2v) is 9.67. The molecule has 1 aromatic heterocycles. The Hall–Kier alpha value is -2.60. The van der Waals surface area contributed by atoms with Gasteiger partial charge < -0.3 is 36.3 Å². The van der Waals surface area contributed by atoms with Crippen LogP contribution in [0.2, 0.25) is 0 Å². The van der Waals surface area contributed by atoms with E-state index in [0.717, 1.165) is 11.3 Å². The monoisotopic (exact) mass is 522 g/mol. The van der Waals surface area contributed by atoms with E-state index in [1.807, 2.05) is 0 Å². The molecule has 5 N–H and O–H groups in total. The Balaban J connectivity index is 0.00000324. The van der Waals surface area contributed by atoms with Crippen molar-refractivity contribution in [2.45, 2.75) is 23.6 Å². The second kappa shape index (κ2) is 9.57. The fourth-order valence-electron chi connectivity index (χ4n) is 3.85. The number of nitrogen functional groups attached to an aromatic ring is 1. The van der Waals surface area contributed by atoms with Gasteiger partial charge in [0.25, 0.3) is 17.7 Å². The summed E-state index contributed by atoms with van der Waals surface area (Å²) in [4.78, 5) is 69.5. The number of carbonyl (C=O) groups is 5. The number of nitrogens with two attached hydrogens (primary N) is 2. The first kappa shape index (κ1) is 26.0. The molecule has 15 nitrogen and oxygen atoms in total. The molecule has 1 aromatic rings. The summed E-state index contributed by atoms with van der Waals surface area (Å²) in [6, 6.07) is -1.42. The molecular formula is C16H15N6NaO9S2. The zero-order valence-corrected chi connectivity index (χ0v) is 21.1. The standard InChI is InChI=1S/C16H16N6O9S2.Na/c17-7(23)2-30-21-9(6-3-32-15(18)19-6)11(25)20-10-12(26)22-13(10)33(29)4-5-1-8(24)31-16(5,22)14(27)28;/h3,5,10,13H,1-2,4H2,(H2,17,23)(H2,18,19)(H,20,25)(H,27,28);/q;+1/p-1/b21-9-;/t5-,10+,13+,16+,33-;/m0./s1. The third-order valence-corrected chi connectivity index (χ3v) is 7.62. The van der Waals surface area contributed by atoms with E-state index in [2.05, 4.69) is 15.5 Å². The maximum absolute atomic E-state index is 12.9. The van der Waals surface area contributed by atoms with Gasteiger partial charge in [-0.2, -0.15) is 0 Å². The predicted octanol–water partition coefficient (Wildman–Crippen LogP) is -7.64. The van der Waals surface area contributed by atoms with Crippen molar-refractivity contribution in [3.8, 4) is 0 Å². The number of carboxylic acids is 1. The summed E-state index contributed by atoms with van der Waals surface area (Å²) in [6.45, 7) is -0.653. The Bertz CT molecular complexity index is 1140. The number of carbonyl (C=O) groups excluding carboxylic acids is 5. The minimum atomic E-state index is -2.39. The summed E-state index contributed by atoms with van der Waals surface area (Å²) in [5.74, 6) is -6.82. The number of anilines is 1. The molecule has 3 fully saturated rings. The Morgan fingerprint density at radius 3 is 2.74 bits per heavy atom. The minimum Gasteiger partial charge on any atom is -0.544 e. The van der Waals surface area contributed by atoms with Crippen LogP contribution in [0.15, 0.2) is 10.5 Å². The summed E-state index contributed by atoms with van der Waals surface area (Å²) in [5, 5.41) is 17.9. The van der Waals surface area contributed by atoms with E-state index in [0.29, 0.717) is 4.90 Å². The Morgan fingerprint density at radius 2 is 2.15 bits per heavy atom. The van der Waals surface area contributed by atoms with Crippen LogP contribution >= 0.6 is 11.3 Å². The molecule has 0 bridgehead atoms. The summed E-state index contributed by atoms with van der Waals surface area (Å²) >= 11 is 0.975. The minimum absolute atomic E-state index is 0. The molecule has 0 unspecified atom stereocenters. The van der Waals surface area contributed by atoms with Crippen molar-refractivity contribution in [1.82, 2.24) is 15.2 Å². The summed E-state index contributed by atoms with van der Waals surface area (Å²) in [6.07, 6.45) is -0.341. The van der Waals surface area contributed by atoms with Gasteiger partial charge in [0.1, 0.15) is 23.1 Å². The molecule has 3 amide bonds. The number of hydrogen-bond acceptors (Lipinski definition) is 13. The van der Waals surface area contributed by atoms with Gasteiger partial charge in [-0.25, -0.2) is 4.98 Å². The Labute approximate surface area is 218 Å². The van der Waals surface area contributed by atoms with Crippen LogP contribution in [-0.4, -0.2) is 79.0 Å².